The summed E-state index contributed by atoms with van der Waals surface area (Å²) in [7, 11) is 1.93. The predicted octanol–water partition coefficient (Wildman–Crippen LogP) is 3.94. The molecule has 0 aliphatic carbocycles. The van der Waals surface area contributed by atoms with Crippen molar-refractivity contribution in [1.82, 2.24) is 5.32 Å². The van der Waals surface area contributed by atoms with Gasteiger partial charge in [-0.1, -0.05) is 40.2 Å². The Hall–Kier alpha value is -0.670. The largest absolute Gasteiger partial charge is 0.325 e. The molecule has 0 saturated carbocycles. The van der Waals surface area contributed by atoms with E-state index in [4.69, 9.17) is 5.73 Å². The van der Waals surface area contributed by atoms with Crippen molar-refractivity contribution in [3.63, 3.8) is 0 Å². The average molecular weight is 270 g/mol. The molecule has 19 heavy (non-hydrogen) atoms. The van der Waals surface area contributed by atoms with Crippen molar-refractivity contribution in [2.24, 2.45) is 11.1 Å². The summed E-state index contributed by atoms with van der Waals surface area (Å²) in [4.78, 5) is 0. The van der Waals surface area contributed by atoms with Crippen LogP contribution in [0, 0.1) is 5.41 Å². The van der Waals surface area contributed by atoms with Crippen LogP contribution in [0.5, 0.6) is 0 Å². The van der Waals surface area contributed by atoms with E-state index in [1.165, 1.54) is 6.08 Å². The second-order valence-corrected chi connectivity index (χ2v) is 5.31. The van der Waals surface area contributed by atoms with Crippen LogP contribution in [0.1, 0.15) is 52.9 Å². The van der Waals surface area contributed by atoms with Crippen LogP contribution in [0.3, 0.4) is 0 Å². The first-order valence-electron chi connectivity index (χ1n) is 7.43. The van der Waals surface area contributed by atoms with Crippen molar-refractivity contribution in [2.75, 3.05) is 13.6 Å². The van der Waals surface area contributed by atoms with Crippen molar-refractivity contribution in [2.45, 2.75) is 58.9 Å². The zero-order valence-electron chi connectivity index (χ0n) is 13.1. The van der Waals surface area contributed by atoms with Crippen molar-refractivity contribution < 1.29 is 4.39 Å². The first-order chi connectivity index (χ1) is 9.01. The van der Waals surface area contributed by atoms with Gasteiger partial charge in [0.15, 0.2) is 0 Å². The Morgan fingerprint density at radius 1 is 1.32 bits per heavy atom. The molecule has 0 heterocycles. The van der Waals surface area contributed by atoms with Crippen molar-refractivity contribution in [1.29, 1.82) is 0 Å². The van der Waals surface area contributed by atoms with Gasteiger partial charge in [-0.15, -0.1) is 0 Å². The quantitative estimate of drug-likeness (QED) is 0.590. The fourth-order valence-electron chi connectivity index (χ4n) is 3.20. The third-order valence-corrected chi connectivity index (χ3v) is 4.01. The molecule has 3 heteroatoms. The van der Waals surface area contributed by atoms with Gasteiger partial charge in [-0.05, 0) is 43.4 Å². The molecule has 0 amide bonds. The number of nitrogens with one attached hydrogen (secondary N) is 1. The molecule has 0 aliphatic rings. The third kappa shape index (κ3) is 5.07. The lowest BCUT2D eigenvalue weighted by Gasteiger charge is -2.41. The van der Waals surface area contributed by atoms with Gasteiger partial charge in [0.05, 0.1) is 0 Å². The molecule has 0 fully saturated rings. The highest BCUT2D eigenvalue weighted by molar-refractivity contribution is 5.26. The highest BCUT2D eigenvalue weighted by Gasteiger charge is 2.35. The van der Waals surface area contributed by atoms with E-state index in [0.29, 0.717) is 0 Å². The van der Waals surface area contributed by atoms with Crippen molar-refractivity contribution in [3.8, 4) is 0 Å². The molecule has 0 spiro atoms. The number of likely N-dealkylation sites (N-methyl/N-ethyl adjacent to an activating group) is 1. The average Bonchev–Trinajstić information content (AvgIpc) is 2.39. The summed E-state index contributed by atoms with van der Waals surface area (Å²) >= 11 is 0. The molecule has 0 aromatic rings. The summed E-state index contributed by atoms with van der Waals surface area (Å²) in [5, 5.41) is 3.34. The molecule has 0 aliphatic heterocycles. The Bertz CT molecular complexity index is 291. The lowest BCUT2D eigenvalue weighted by molar-refractivity contribution is 0.173. The predicted molar refractivity (Wildman–Crippen MR) is 82.8 cm³/mol. The summed E-state index contributed by atoms with van der Waals surface area (Å²) in [5.41, 5.74) is 6.27. The fraction of sp³-hybridized carbons (Fsp3) is 0.750. The molecule has 1 atom stereocenters. The zero-order chi connectivity index (χ0) is 14.9. The van der Waals surface area contributed by atoms with Gasteiger partial charge in [-0.3, -0.25) is 0 Å². The van der Waals surface area contributed by atoms with Crippen molar-refractivity contribution in [3.05, 3.63) is 24.1 Å². The monoisotopic (exact) mass is 270 g/mol. The van der Waals surface area contributed by atoms with E-state index in [1.807, 2.05) is 7.05 Å². The Kier molecular flexibility index (Phi) is 8.94. The van der Waals surface area contributed by atoms with Crippen LogP contribution in [0.15, 0.2) is 24.1 Å². The Morgan fingerprint density at radius 2 is 1.84 bits per heavy atom. The summed E-state index contributed by atoms with van der Waals surface area (Å²) < 4.78 is 13.4. The van der Waals surface area contributed by atoms with E-state index >= 15 is 0 Å². The highest BCUT2D eigenvalue weighted by Crippen LogP contribution is 2.40. The lowest BCUT2D eigenvalue weighted by atomic mass is 9.69. The summed E-state index contributed by atoms with van der Waals surface area (Å²) in [5.74, 6) is -0.303. The topological polar surface area (TPSA) is 38.0 Å². The number of halogens is 1. The van der Waals surface area contributed by atoms with Crippen LogP contribution in [-0.4, -0.2) is 19.6 Å². The summed E-state index contributed by atoms with van der Waals surface area (Å²) in [6, 6.07) is 0.106. The Balaban J connectivity index is 5.28. The molecule has 0 aromatic heterocycles. The number of hydrogen-bond acceptors (Lipinski definition) is 2. The molecule has 0 bridgehead atoms. The minimum Gasteiger partial charge on any atom is -0.325 e. The molecule has 1 unspecified atom stereocenters. The molecule has 3 N–H and O–H groups in total. The number of hydrogen-bond donors (Lipinski definition) is 2. The van der Waals surface area contributed by atoms with Crippen LogP contribution in [-0.2, 0) is 0 Å². The number of rotatable bonds is 10. The summed E-state index contributed by atoms with van der Waals surface area (Å²) in [6.07, 6.45) is 7.07. The van der Waals surface area contributed by atoms with Crippen LogP contribution >= 0.6 is 0 Å². The lowest BCUT2D eigenvalue weighted by Crippen LogP contribution is -2.44. The van der Waals surface area contributed by atoms with E-state index < -0.39 is 0 Å². The molecule has 0 saturated heterocycles. The van der Waals surface area contributed by atoms with Crippen molar-refractivity contribution >= 4 is 0 Å². The second-order valence-electron chi connectivity index (χ2n) is 5.31. The minimum absolute atomic E-state index is 0.0594. The third-order valence-electron chi connectivity index (χ3n) is 4.01. The smallest absolute Gasteiger partial charge is 0.114 e. The molecule has 0 radical (unpaired) electrons. The van der Waals surface area contributed by atoms with Gasteiger partial charge < -0.3 is 11.1 Å². The maximum absolute atomic E-state index is 13.4. The Labute approximate surface area is 118 Å². The SMILES string of the molecule is C=C(/C=C(/F)CN)C(NC)C(CC)(CCC)CCC. The van der Waals surface area contributed by atoms with Crippen LogP contribution in [0.4, 0.5) is 4.39 Å². The van der Waals surface area contributed by atoms with E-state index in [0.717, 1.165) is 37.7 Å². The zero-order valence-corrected chi connectivity index (χ0v) is 13.1. The van der Waals surface area contributed by atoms with Gasteiger partial charge in [-0.25, -0.2) is 4.39 Å². The minimum atomic E-state index is -0.303. The molecular formula is C16H31FN2. The number of nitrogens with two attached hydrogens (primary N) is 1. The molecule has 0 aromatic carbocycles. The van der Waals surface area contributed by atoms with E-state index in [1.54, 1.807) is 0 Å². The van der Waals surface area contributed by atoms with Crippen LogP contribution < -0.4 is 11.1 Å². The normalized spacial score (nSPS) is 14.5. The van der Waals surface area contributed by atoms with E-state index in [9.17, 15) is 4.39 Å². The molecule has 0 rings (SSSR count). The standard InChI is InChI=1S/C16H31FN2/c1-6-9-16(8-3,10-7-2)15(19-5)13(4)11-14(17)12-18/h11,15,19H,4,6-10,12,18H2,1-3,5H3/b14-11+. The second kappa shape index (κ2) is 9.27. The van der Waals surface area contributed by atoms with Gasteiger partial charge >= 0.3 is 0 Å². The highest BCUT2D eigenvalue weighted by atomic mass is 19.1. The molecular weight excluding hydrogens is 239 g/mol. The van der Waals surface area contributed by atoms with Gasteiger partial charge in [0.1, 0.15) is 5.83 Å². The Morgan fingerprint density at radius 3 is 2.16 bits per heavy atom. The maximum atomic E-state index is 13.4. The van der Waals surface area contributed by atoms with Gasteiger partial charge in [0.25, 0.3) is 0 Å². The first kappa shape index (κ1) is 18.3. The van der Waals surface area contributed by atoms with Gasteiger partial charge in [0.2, 0.25) is 0 Å². The summed E-state index contributed by atoms with van der Waals surface area (Å²) in [6.45, 7) is 10.6. The van der Waals surface area contributed by atoms with Crippen LogP contribution in [0.2, 0.25) is 0 Å². The molecule has 112 valence electrons. The van der Waals surface area contributed by atoms with E-state index in [2.05, 4.69) is 32.7 Å². The molecule has 2 nitrogen and oxygen atoms in total. The van der Waals surface area contributed by atoms with Crippen LogP contribution in [0.25, 0.3) is 0 Å². The van der Waals surface area contributed by atoms with Gasteiger partial charge in [0, 0.05) is 12.6 Å². The maximum Gasteiger partial charge on any atom is 0.114 e. The fourth-order valence-corrected chi connectivity index (χ4v) is 3.20. The first-order valence-corrected chi connectivity index (χ1v) is 7.43. The van der Waals surface area contributed by atoms with Gasteiger partial charge in [-0.2, -0.15) is 0 Å². The van der Waals surface area contributed by atoms with E-state index in [-0.39, 0.29) is 23.8 Å².